The number of hydrogen-bond donors (Lipinski definition) is 2. The molecular formula is C7H13FO3. The fourth-order valence-corrected chi connectivity index (χ4v) is 0.543. The van der Waals surface area contributed by atoms with Crippen LogP contribution in [-0.4, -0.2) is 28.0 Å². The molecule has 0 aromatic heterocycles. The first-order valence-corrected chi connectivity index (χ1v) is 3.39. The Hall–Kier alpha value is -0.640. The fourth-order valence-electron chi connectivity index (χ4n) is 0.543. The number of carboxylic acids is 1. The van der Waals surface area contributed by atoms with Gasteiger partial charge in [-0.3, -0.25) is 0 Å². The second-order valence-corrected chi connectivity index (χ2v) is 3.08. The molecule has 4 heteroatoms. The Labute approximate surface area is 64.8 Å². The van der Waals surface area contributed by atoms with Crippen molar-refractivity contribution in [1.82, 2.24) is 0 Å². The predicted molar refractivity (Wildman–Crippen MR) is 38.0 cm³/mol. The molecule has 0 saturated heterocycles. The van der Waals surface area contributed by atoms with Crippen molar-refractivity contribution in [2.24, 2.45) is 5.92 Å². The summed E-state index contributed by atoms with van der Waals surface area (Å²) in [6.07, 6.45) is -2.22. The highest BCUT2D eigenvalue weighted by Gasteiger charge is 2.40. The lowest BCUT2D eigenvalue weighted by atomic mass is 9.88. The van der Waals surface area contributed by atoms with E-state index in [-0.39, 0.29) is 0 Å². The molecule has 11 heavy (non-hydrogen) atoms. The Morgan fingerprint density at radius 2 is 1.91 bits per heavy atom. The summed E-state index contributed by atoms with van der Waals surface area (Å²) in [6, 6.07) is 0. The molecule has 0 aliphatic carbocycles. The quantitative estimate of drug-likeness (QED) is 0.649. The minimum absolute atomic E-state index is 0.423. The molecule has 0 fully saturated rings. The highest BCUT2D eigenvalue weighted by Crippen LogP contribution is 2.22. The lowest BCUT2D eigenvalue weighted by Gasteiger charge is -2.28. The molecule has 0 aliphatic rings. The second kappa shape index (κ2) is 3.17. The van der Waals surface area contributed by atoms with Crippen LogP contribution in [0.2, 0.25) is 0 Å². The van der Waals surface area contributed by atoms with Gasteiger partial charge in [0.15, 0.2) is 0 Å². The largest absolute Gasteiger partial charge is 0.479 e. The molecule has 0 radical (unpaired) electrons. The van der Waals surface area contributed by atoms with Crippen LogP contribution in [0.1, 0.15) is 20.8 Å². The van der Waals surface area contributed by atoms with Gasteiger partial charge in [0.1, 0.15) is 5.60 Å². The average molecular weight is 164 g/mol. The van der Waals surface area contributed by atoms with Crippen LogP contribution in [0.5, 0.6) is 0 Å². The molecule has 0 aromatic rings. The monoisotopic (exact) mass is 164 g/mol. The molecule has 2 atom stereocenters. The van der Waals surface area contributed by atoms with Gasteiger partial charge in [-0.15, -0.1) is 0 Å². The Morgan fingerprint density at radius 3 is 2.00 bits per heavy atom. The number of halogens is 1. The maximum atomic E-state index is 12.7. The van der Waals surface area contributed by atoms with Gasteiger partial charge in [-0.2, -0.15) is 0 Å². The first-order chi connectivity index (χ1) is 4.80. The van der Waals surface area contributed by atoms with Gasteiger partial charge in [-0.05, 0) is 12.8 Å². The Balaban J connectivity index is 4.41. The van der Waals surface area contributed by atoms with Crippen molar-refractivity contribution in [1.29, 1.82) is 0 Å². The maximum absolute atomic E-state index is 12.7. The summed E-state index contributed by atoms with van der Waals surface area (Å²) in [5, 5.41) is 17.5. The molecule has 3 nitrogen and oxygen atoms in total. The maximum Gasteiger partial charge on any atom is 0.341 e. The standard InChI is InChI=1S/C7H13FO3/c1-4(2)7(3,11)5(8)6(9)10/h4-5,11H,1-3H3,(H,9,10). The number of aliphatic carboxylic acids is 1. The Kier molecular flexibility index (Phi) is 2.99. The van der Waals surface area contributed by atoms with E-state index in [0.717, 1.165) is 0 Å². The van der Waals surface area contributed by atoms with Gasteiger partial charge in [-0.1, -0.05) is 13.8 Å². The number of rotatable bonds is 3. The van der Waals surface area contributed by atoms with Crippen molar-refractivity contribution in [3.05, 3.63) is 0 Å². The summed E-state index contributed by atoms with van der Waals surface area (Å²) in [4.78, 5) is 10.1. The van der Waals surface area contributed by atoms with Crippen LogP contribution < -0.4 is 0 Å². The van der Waals surface area contributed by atoms with E-state index in [2.05, 4.69) is 0 Å². The molecule has 0 saturated carbocycles. The SMILES string of the molecule is CC(C)C(C)(O)C(F)C(=O)O. The number of alkyl halides is 1. The summed E-state index contributed by atoms with van der Waals surface area (Å²) in [5.74, 6) is -2.04. The van der Waals surface area contributed by atoms with E-state index in [1.807, 2.05) is 0 Å². The molecule has 66 valence electrons. The first kappa shape index (κ1) is 10.4. The zero-order chi connectivity index (χ0) is 9.23. The van der Waals surface area contributed by atoms with Crippen molar-refractivity contribution in [2.75, 3.05) is 0 Å². The Bertz CT molecular complexity index is 154. The molecule has 0 bridgehead atoms. The van der Waals surface area contributed by atoms with E-state index in [4.69, 9.17) is 5.11 Å². The van der Waals surface area contributed by atoms with Crippen LogP contribution in [0, 0.1) is 5.92 Å². The number of carbonyl (C=O) groups is 1. The van der Waals surface area contributed by atoms with Crippen molar-refractivity contribution < 1.29 is 19.4 Å². The fraction of sp³-hybridized carbons (Fsp3) is 0.857. The molecular weight excluding hydrogens is 151 g/mol. The smallest absolute Gasteiger partial charge is 0.341 e. The van der Waals surface area contributed by atoms with E-state index in [9.17, 15) is 14.3 Å². The number of hydrogen-bond acceptors (Lipinski definition) is 2. The first-order valence-electron chi connectivity index (χ1n) is 3.39. The van der Waals surface area contributed by atoms with E-state index in [1.54, 1.807) is 13.8 Å². The van der Waals surface area contributed by atoms with Crippen molar-refractivity contribution in [3.63, 3.8) is 0 Å². The van der Waals surface area contributed by atoms with Crippen LogP contribution in [0.4, 0.5) is 4.39 Å². The van der Waals surface area contributed by atoms with Crippen LogP contribution in [0.15, 0.2) is 0 Å². The van der Waals surface area contributed by atoms with Gasteiger partial charge in [-0.25, -0.2) is 9.18 Å². The Morgan fingerprint density at radius 1 is 1.55 bits per heavy atom. The van der Waals surface area contributed by atoms with Gasteiger partial charge in [0, 0.05) is 0 Å². The molecule has 0 rings (SSSR count). The van der Waals surface area contributed by atoms with Crippen LogP contribution >= 0.6 is 0 Å². The molecule has 0 heterocycles. The van der Waals surface area contributed by atoms with Crippen LogP contribution in [0.3, 0.4) is 0 Å². The lowest BCUT2D eigenvalue weighted by Crippen LogP contribution is -2.45. The van der Waals surface area contributed by atoms with Crippen molar-refractivity contribution >= 4 is 5.97 Å². The number of aliphatic hydroxyl groups is 1. The van der Waals surface area contributed by atoms with Crippen LogP contribution in [-0.2, 0) is 4.79 Å². The van der Waals surface area contributed by atoms with E-state index >= 15 is 0 Å². The average Bonchev–Trinajstić information content (AvgIpc) is 1.85. The molecule has 2 N–H and O–H groups in total. The topological polar surface area (TPSA) is 57.5 Å². The molecule has 0 aliphatic heterocycles. The summed E-state index contributed by atoms with van der Waals surface area (Å²) in [7, 11) is 0. The van der Waals surface area contributed by atoms with Gasteiger partial charge in [0.05, 0.1) is 0 Å². The zero-order valence-corrected chi connectivity index (χ0v) is 6.84. The van der Waals surface area contributed by atoms with Gasteiger partial charge >= 0.3 is 5.97 Å². The summed E-state index contributed by atoms with van der Waals surface area (Å²) in [6.45, 7) is 4.31. The summed E-state index contributed by atoms with van der Waals surface area (Å²) >= 11 is 0. The molecule has 0 amide bonds. The third kappa shape index (κ3) is 2.15. The summed E-state index contributed by atoms with van der Waals surface area (Å²) in [5.41, 5.74) is -1.79. The van der Waals surface area contributed by atoms with Crippen molar-refractivity contribution in [3.8, 4) is 0 Å². The van der Waals surface area contributed by atoms with Crippen molar-refractivity contribution in [2.45, 2.75) is 32.5 Å². The van der Waals surface area contributed by atoms with E-state index < -0.39 is 23.7 Å². The molecule has 0 spiro atoms. The van der Waals surface area contributed by atoms with E-state index in [0.29, 0.717) is 0 Å². The highest BCUT2D eigenvalue weighted by molar-refractivity contribution is 5.73. The van der Waals surface area contributed by atoms with Crippen LogP contribution in [0.25, 0.3) is 0 Å². The van der Waals surface area contributed by atoms with Gasteiger partial charge < -0.3 is 10.2 Å². The third-order valence-electron chi connectivity index (χ3n) is 1.90. The van der Waals surface area contributed by atoms with Gasteiger partial charge in [0.25, 0.3) is 0 Å². The second-order valence-electron chi connectivity index (χ2n) is 3.08. The highest BCUT2D eigenvalue weighted by atomic mass is 19.1. The normalized spacial score (nSPS) is 19.5. The van der Waals surface area contributed by atoms with E-state index in [1.165, 1.54) is 6.92 Å². The van der Waals surface area contributed by atoms with Gasteiger partial charge in [0.2, 0.25) is 6.17 Å². The third-order valence-corrected chi connectivity index (χ3v) is 1.90. The molecule has 0 aromatic carbocycles. The minimum atomic E-state index is -2.22. The number of carboxylic acid groups (broad SMARTS) is 1. The molecule has 2 unspecified atom stereocenters. The zero-order valence-electron chi connectivity index (χ0n) is 6.84. The predicted octanol–water partition coefficient (Wildman–Crippen LogP) is 0.816. The summed E-state index contributed by atoms with van der Waals surface area (Å²) < 4.78 is 12.7. The minimum Gasteiger partial charge on any atom is -0.479 e. The lowest BCUT2D eigenvalue weighted by molar-refractivity contribution is -0.156.